The summed E-state index contributed by atoms with van der Waals surface area (Å²) >= 11 is 0. The molecular formula is C18H18N2O3. The van der Waals surface area contributed by atoms with E-state index in [1.807, 2.05) is 44.2 Å². The second-order valence-electron chi connectivity index (χ2n) is 6.17. The Bertz CT molecular complexity index is 799. The monoisotopic (exact) mass is 310 g/mol. The normalized spacial score (nSPS) is 21.3. The molecular weight excluding hydrogens is 292 g/mol. The van der Waals surface area contributed by atoms with Crippen LogP contribution in [-0.4, -0.2) is 17.4 Å². The van der Waals surface area contributed by atoms with Gasteiger partial charge < -0.3 is 16.2 Å². The molecule has 0 saturated carbocycles. The van der Waals surface area contributed by atoms with Gasteiger partial charge in [-0.2, -0.15) is 0 Å². The molecule has 5 nitrogen and oxygen atoms in total. The van der Waals surface area contributed by atoms with Gasteiger partial charge in [-0.15, -0.1) is 0 Å². The summed E-state index contributed by atoms with van der Waals surface area (Å²) in [6.07, 6.45) is 0. The third-order valence-corrected chi connectivity index (χ3v) is 4.51. The number of rotatable bonds is 3. The van der Waals surface area contributed by atoms with E-state index in [1.54, 1.807) is 18.2 Å². The number of carbonyl (C=O) groups excluding carboxylic acids is 2. The van der Waals surface area contributed by atoms with Crippen LogP contribution in [0, 0.1) is 0 Å². The average Bonchev–Trinajstić information content (AvgIpc) is 2.74. The molecule has 0 fully saturated rings. The minimum absolute atomic E-state index is 0.312. The molecule has 1 unspecified atom stereocenters. The highest BCUT2D eigenvalue weighted by Crippen LogP contribution is 2.53. The summed E-state index contributed by atoms with van der Waals surface area (Å²) in [5.41, 5.74) is 10.7. The number of hydrogen-bond acceptors (Lipinski definition) is 3. The Morgan fingerprint density at radius 3 is 2.22 bits per heavy atom. The summed E-state index contributed by atoms with van der Waals surface area (Å²) in [6.45, 7) is 3.63. The second-order valence-corrected chi connectivity index (χ2v) is 6.17. The fourth-order valence-electron chi connectivity index (χ4n) is 3.50. The number of benzene rings is 2. The van der Waals surface area contributed by atoms with Crippen LogP contribution in [0.2, 0.25) is 0 Å². The Kier molecular flexibility index (Phi) is 3.18. The van der Waals surface area contributed by atoms with Crippen LogP contribution in [0.4, 0.5) is 0 Å². The van der Waals surface area contributed by atoms with Gasteiger partial charge in [0.1, 0.15) is 16.8 Å². The van der Waals surface area contributed by atoms with Crippen LogP contribution in [0.3, 0.4) is 0 Å². The minimum atomic E-state index is -1.20. The molecule has 4 N–H and O–H groups in total. The number of hydrogen-bond donors (Lipinski definition) is 2. The third-order valence-electron chi connectivity index (χ3n) is 4.51. The lowest BCUT2D eigenvalue weighted by Crippen LogP contribution is -2.56. The van der Waals surface area contributed by atoms with Crippen LogP contribution in [0.25, 0.3) is 0 Å². The van der Waals surface area contributed by atoms with E-state index in [9.17, 15) is 9.59 Å². The van der Waals surface area contributed by atoms with Crippen molar-refractivity contribution in [3.63, 3.8) is 0 Å². The standard InChI is InChI=1S/C18H18N2O3/c1-17(2)18(16(20)22,12-6-4-3-5-7-12)13-10-11(15(19)21)8-9-14(13)23-17/h3-10H,1-2H3,(H2,19,21)(H2,20,22). The minimum Gasteiger partial charge on any atom is -0.486 e. The molecule has 0 aromatic heterocycles. The molecule has 5 heteroatoms. The number of fused-ring (bicyclic) bond motifs is 1. The van der Waals surface area contributed by atoms with Crippen molar-refractivity contribution in [2.75, 3.05) is 0 Å². The van der Waals surface area contributed by atoms with Gasteiger partial charge in [-0.1, -0.05) is 30.3 Å². The van der Waals surface area contributed by atoms with Gasteiger partial charge in [0.15, 0.2) is 0 Å². The highest BCUT2D eigenvalue weighted by molar-refractivity contribution is 5.97. The summed E-state index contributed by atoms with van der Waals surface area (Å²) in [7, 11) is 0. The Morgan fingerprint density at radius 1 is 1.00 bits per heavy atom. The zero-order valence-corrected chi connectivity index (χ0v) is 13.0. The van der Waals surface area contributed by atoms with Crippen LogP contribution in [0.15, 0.2) is 48.5 Å². The second kappa shape index (κ2) is 4.84. The van der Waals surface area contributed by atoms with Crippen molar-refractivity contribution < 1.29 is 14.3 Å². The molecule has 23 heavy (non-hydrogen) atoms. The van der Waals surface area contributed by atoms with Crippen molar-refractivity contribution in [2.24, 2.45) is 11.5 Å². The molecule has 2 aromatic rings. The smallest absolute Gasteiger partial charge is 0.248 e. The van der Waals surface area contributed by atoms with Gasteiger partial charge in [-0.25, -0.2) is 0 Å². The predicted octanol–water partition coefficient (Wildman–Crippen LogP) is 1.73. The SMILES string of the molecule is CC1(C)Oc2ccc(C(N)=O)cc2C1(C(N)=O)c1ccccc1. The van der Waals surface area contributed by atoms with E-state index in [0.29, 0.717) is 16.9 Å². The van der Waals surface area contributed by atoms with Gasteiger partial charge in [0.25, 0.3) is 0 Å². The van der Waals surface area contributed by atoms with Gasteiger partial charge in [0.05, 0.1) is 0 Å². The molecule has 2 amide bonds. The van der Waals surface area contributed by atoms with Crippen LogP contribution >= 0.6 is 0 Å². The Balaban J connectivity index is 2.38. The van der Waals surface area contributed by atoms with E-state index in [-0.39, 0.29) is 0 Å². The average molecular weight is 310 g/mol. The summed E-state index contributed by atoms with van der Waals surface area (Å²) in [4.78, 5) is 24.2. The fourth-order valence-corrected chi connectivity index (χ4v) is 3.50. The van der Waals surface area contributed by atoms with E-state index in [0.717, 1.165) is 5.56 Å². The fraction of sp³-hybridized carbons (Fsp3) is 0.222. The van der Waals surface area contributed by atoms with Crippen LogP contribution in [-0.2, 0) is 10.2 Å². The topological polar surface area (TPSA) is 95.4 Å². The molecule has 0 aliphatic carbocycles. The number of nitrogens with two attached hydrogens (primary N) is 2. The summed E-state index contributed by atoms with van der Waals surface area (Å²) in [5.74, 6) is -0.569. The van der Waals surface area contributed by atoms with Crippen molar-refractivity contribution in [1.29, 1.82) is 0 Å². The van der Waals surface area contributed by atoms with E-state index in [2.05, 4.69) is 0 Å². The molecule has 3 rings (SSSR count). The molecule has 0 radical (unpaired) electrons. The Morgan fingerprint density at radius 2 is 1.65 bits per heavy atom. The molecule has 0 bridgehead atoms. The first kappa shape index (κ1) is 15.1. The maximum Gasteiger partial charge on any atom is 0.248 e. The number of primary amides is 2. The van der Waals surface area contributed by atoms with Crippen molar-refractivity contribution in [1.82, 2.24) is 0 Å². The lowest BCUT2D eigenvalue weighted by molar-refractivity contribution is -0.126. The van der Waals surface area contributed by atoms with Crippen LogP contribution < -0.4 is 16.2 Å². The Hall–Kier alpha value is -2.82. The summed E-state index contributed by atoms with van der Waals surface area (Å²) < 4.78 is 6.01. The largest absolute Gasteiger partial charge is 0.486 e. The molecule has 1 heterocycles. The van der Waals surface area contributed by atoms with Gasteiger partial charge >= 0.3 is 0 Å². The maximum atomic E-state index is 12.6. The summed E-state index contributed by atoms with van der Waals surface area (Å²) in [6, 6.07) is 14.1. The number of ether oxygens (including phenoxy) is 1. The first-order chi connectivity index (χ1) is 10.8. The summed E-state index contributed by atoms with van der Waals surface area (Å²) in [5, 5.41) is 0. The predicted molar refractivity (Wildman–Crippen MR) is 86.1 cm³/mol. The molecule has 2 aromatic carbocycles. The van der Waals surface area contributed by atoms with Crippen molar-refractivity contribution in [3.05, 3.63) is 65.2 Å². The molecule has 1 aliphatic rings. The molecule has 118 valence electrons. The zero-order chi connectivity index (χ0) is 16.8. The lowest BCUT2D eigenvalue weighted by Gasteiger charge is -2.37. The number of amides is 2. The van der Waals surface area contributed by atoms with Crippen LogP contribution in [0.1, 0.15) is 35.3 Å². The molecule has 1 aliphatic heterocycles. The highest BCUT2D eigenvalue weighted by Gasteiger charge is 2.60. The van der Waals surface area contributed by atoms with Gasteiger partial charge in [-0.05, 0) is 37.6 Å². The van der Waals surface area contributed by atoms with Crippen molar-refractivity contribution in [2.45, 2.75) is 24.9 Å². The molecule has 0 spiro atoms. The molecule has 1 atom stereocenters. The first-order valence-corrected chi connectivity index (χ1v) is 7.29. The first-order valence-electron chi connectivity index (χ1n) is 7.29. The van der Waals surface area contributed by atoms with Crippen molar-refractivity contribution >= 4 is 11.8 Å². The Labute approximate surface area is 134 Å². The zero-order valence-electron chi connectivity index (χ0n) is 13.0. The van der Waals surface area contributed by atoms with E-state index < -0.39 is 22.8 Å². The van der Waals surface area contributed by atoms with E-state index in [1.165, 1.54) is 0 Å². The van der Waals surface area contributed by atoms with E-state index >= 15 is 0 Å². The highest BCUT2D eigenvalue weighted by atomic mass is 16.5. The van der Waals surface area contributed by atoms with Gasteiger partial charge in [0.2, 0.25) is 11.8 Å². The van der Waals surface area contributed by atoms with Gasteiger partial charge in [-0.3, -0.25) is 9.59 Å². The van der Waals surface area contributed by atoms with Gasteiger partial charge in [0, 0.05) is 11.1 Å². The molecule has 0 saturated heterocycles. The quantitative estimate of drug-likeness (QED) is 0.903. The lowest BCUT2D eigenvalue weighted by atomic mass is 9.65. The third kappa shape index (κ3) is 1.93. The maximum absolute atomic E-state index is 12.6. The number of carbonyl (C=O) groups is 2. The van der Waals surface area contributed by atoms with Crippen LogP contribution in [0.5, 0.6) is 5.75 Å². The van der Waals surface area contributed by atoms with Crippen molar-refractivity contribution in [3.8, 4) is 5.75 Å². The van der Waals surface area contributed by atoms with E-state index in [4.69, 9.17) is 16.2 Å².